The van der Waals surface area contributed by atoms with Crippen molar-refractivity contribution in [2.75, 3.05) is 18.4 Å². The number of carbonyl (C=O) groups is 1. The van der Waals surface area contributed by atoms with Gasteiger partial charge in [-0.05, 0) is 6.07 Å². The number of halogens is 1. The predicted molar refractivity (Wildman–Crippen MR) is 71.2 cm³/mol. The first kappa shape index (κ1) is 15.5. The summed E-state index contributed by atoms with van der Waals surface area (Å²) in [5.41, 5.74) is -0.122. The maximum Gasteiger partial charge on any atom is 0.339 e. The van der Waals surface area contributed by atoms with Gasteiger partial charge in [-0.15, -0.1) is 0 Å². The molecule has 0 aliphatic rings. The third-order valence-corrected chi connectivity index (χ3v) is 3.57. The summed E-state index contributed by atoms with van der Waals surface area (Å²) < 4.78 is 32.3. The molecular formula is C10H13ClN2O5S. The van der Waals surface area contributed by atoms with E-state index in [0.29, 0.717) is 0 Å². The summed E-state index contributed by atoms with van der Waals surface area (Å²) in [5.74, 6) is -1.22. The first-order chi connectivity index (χ1) is 8.80. The molecule has 0 spiro atoms. The van der Waals surface area contributed by atoms with Gasteiger partial charge in [-0.3, -0.25) is 4.72 Å². The van der Waals surface area contributed by atoms with Crippen LogP contribution in [0.5, 0.6) is 5.75 Å². The van der Waals surface area contributed by atoms with E-state index in [4.69, 9.17) is 21.4 Å². The number of aromatic carboxylic acids is 1. The lowest BCUT2D eigenvalue weighted by Crippen LogP contribution is -2.29. The van der Waals surface area contributed by atoms with Crippen LogP contribution in [0.2, 0.25) is 5.02 Å². The van der Waals surface area contributed by atoms with Crippen LogP contribution in [0.4, 0.5) is 5.69 Å². The van der Waals surface area contributed by atoms with E-state index in [1.165, 1.54) is 13.2 Å². The Morgan fingerprint density at radius 1 is 1.47 bits per heavy atom. The standard InChI is InChI=1S/C10H13ClN2O5S/c1-3-12-19(16,17)13-8-5-9(18-2)6(10(14)15)4-7(8)11/h4-5,12-13H,3H2,1-2H3,(H,14,15). The van der Waals surface area contributed by atoms with Gasteiger partial charge < -0.3 is 9.84 Å². The molecule has 1 aromatic rings. The molecule has 0 saturated heterocycles. The second-order valence-electron chi connectivity index (χ2n) is 3.44. The van der Waals surface area contributed by atoms with Crippen molar-refractivity contribution >= 4 is 33.5 Å². The van der Waals surface area contributed by atoms with Crippen molar-refractivity contribution in [3.8, 4) is 5.75 Å². The minimum Gasteiger partial charge on any atom is -0.496 e. The molecule has 9 heteroatoms. The fourth-order valence-corrected chi connectivity index (χ4v) is 2.52. The molecular weight excluding hydrogens is 296 g/mol. The fraction of sp³-hybridized carbons (Fsp3) is 0.300. The van der Waals surface area contributed by atoms with Gasteiger partial charge in [0.1, 0.15) is 11.3 Å². The lowest BCUT2D eigenvalue weighted by molar-refractivity contribution is 0.0693. The van der Waals surface area contributed by atoms with Crippen molar-refractivity contribution in [1.82, 2.24) is 4.72 Å². The molecule has 0 bridgehead atoms. The Morgan fingerprint density at radius 3 is 2.58 bits per heavy atom. The first-order valence-corrected chi connectivity index (χ1v) is 7.05. The number of carboxylic acid groups (broad SMARTS) is 1. The van der Waals surface area contributed by atoms with Crippen LogP contribution < -0.4 is 14.2 Å². The molecule has 19 heavy (non-hydrogen) atoms. The van der Waals surface area contributed by atoms with E-state index >= 15 is 0 Å². The fourth-order valence-electron chi connectivity index (χ4n) is 1.34. The molecule has 0 aliphatic heterocycles. The summed E-state index contributed by atoms with van der Waals surface area (Å²) in [7, 11) is -2.48. The van der Waals surface area contributed by atoms with Crippen LogP contribution in [0.25, 0.3) is 0 Å². The smallest absolute Gasteiger partial charge is 0.339 e. The van der Waals surface area contributed by atoms with E-state index in [2.05, 4.69) is 9.44 Å². The molecule has 3 N–H and O–H groups in total. The zero-order chi connectivity index (χ0) is 14.6. The number of hydrogen-bond acceptors (Lipinski definition) is 4. The maximum absolute atomic E-state index is 11.5. The quantitative estimate of drug-likeness (QED) is 0.735. The number of hydrogen-bond donors (Lipinski definition) is 3. The van der Waals surface area contributed by atoms with Crippen LogP contribution in [0.1, 0.15) is 17.3 Å². The average molecular weight is 309 g/mol. The van der Waals surface area contributed by atoms with Crippen LogP contribution >= 0.6 is 11.6 Å². The van der Waals surface area contributed by atoms with Crippen molar-refractivity contribution in [3.63, 3.8) is 0 Å². The van der Waals surface area contributed by atoms with Crippen LogP contribution in [0, 0.1) is 0 Å². The Bertz CT molecular complexity index is 588. The molecule has 0 aromatic heterocycles. The highest BCUT2D eigenvalue weighted by molar-refractivity contribution is 7.90. The molecule has 0 unspecified atom stereocenters. The zero-order valence-electron chi connectivity index (χ0n) is 10.2. The van der Waals surface area contributed by atoms with Gasteiger partial charge in [0.2, 0.25) is 0 Å². The number of benzene rings is 1. The largest absolute Gasteiger partial charge is 0.496 e. The summed E-state index contributed by atoms with van der Waals surface area (Å²) in [6.45, 7) is 1.83. The number of methoxy groups -OCH3 is 1. The molecule has 0 saturated carbocycles. The highest BCUT2D eigenvalue weighted by Crippen LogP contribution is 2.31. The van der Waals surface area contributed by atoms with Gasteiger partial charge in [0.25, 0.3) is 10.2 Å². The molecule has 1 rings (SSSR count). The Balaban J connectivity index is 3.21. The number of nitrogens with one attached hydrogen (secondary N) is 2. The molecule has 106 valence electrons. The van der Waals surface area contributed by atoms with Gasteiger partial charge in [0.05, 0.1) is 17.8 Å². The van der Waals surface area contributed by atoms with Crippen LogP contribution in [-0.2, 0) is 10.2 Å². The number of ether oxygens (including phenoxy) is 1. The van der Waals surface area contributed by atoms with Crippen molar-refractivity contribution in [1.29, 1.82) is 0 Å². The number of carboxylic acids is 1. The Morgan fingerprint density at radius 2 is 2.11 bits per heavy atom. The molecule has 0 fully saturated rings. The monoisotopic (exact) mass is 308 g/mol. The minimum absolute atomic E-state index is 0.00565. The minimum atomic E-state index is -3.75. The second kappa shape index (κ2) is 6.09. The van der Waals surface area contributed by atoms with E-state index in [1.54, 1.807) is 6.92 Å². The summed E-state index contributed by atoms with van der Waals surface area (Å²) in [6, 6.07) is 2.33. The molecule has 1 aromatic carbocycles. The van der Waals surface area contributed by atoms with E-state index in [1.807, 2.05) is 0 Å². The predicted octanol–water partition coefficient (Wildman–Crippen LogP) is 1.31. The third-order valence-electron chi connectivity index (χ3n) is 2.10. The van der Waals surface area contributed by atoms with Crippen molar-refractivity contribution in [2.24, 2.45) is 0 Å². The highest BCUT2D eigenvalue weighted by atomic mass is 35.5. The average Bonchev–Trinajstić information content (AvgIpc) is 2.30. The summed E-state index contributed by atoms with van der Waals surface area (Å²) in [4.78, 5) is 10.9. The van der Waals surface area contributed by atoms with E-state index < -0.39 is 16.2 Å². The highest BCUT2D eigenvalue weighted by Gasteiger charge is 2.17. The molecule has 0 aliphatic carbocycles. The Labute approximate surface area is 115 Å². The van der Waals surface area contributed by atoms with Crippen molar-refractivity contribution in [2.45, 2.75) is 6.92 Å². The number of anilines is 1. The Kier molecular flexibility index (Phi) is 4.98. The van der Waals surface area contributed by atoms with Gasteiger partial charge in [-0.1, -0.05) is 18.5 Å². The first-order valence-electron chi connectivity index (χ1n) is 5.19. The van der Waals surface area contributed by atoms with E-state index in [0.717, 1.165) is 6.07 Å². The van der Waals surface area contributed by atoms with Crippen molar-refractivity contribution in [3.05, 3.63) is 22.7 Å². The summed E-state index contributed by atoms with van der Waals surface area (Å²) in [5, 5.41) is 8.90. The lowest BCUT2D eigenvalue weighted by atomic mass is 10.2. The van der Waals surface area contributed by atoms with Crippen LogP contribution in [0.15, 0.2) is 12.1 Å². The molecule has 7 nitrogen and oxygen atoms in total. The SMILES string of the molecule is CCNS(=O)(=O)Nc1cc(OC)c(C(=O)O)cc1Cl. The normalized spacial score (nSPS) is 11.1. The van der Waals surface area contributed by atoms with Crippen molar-refractivity contribution < 1.29 is 23.1 Å². The lowest BCUT2D eigenvalue weighted by Gasteiger charge is -2.12. The van der Waals surface area contributed by atoms with Gasteiger partial charge in [-0.2, -0.15) is 13.1 Å². The van der Waals surface area contributed by atoms with E-state index in [-0.39, 0.29) is 28.6 Å². The second-order valence-corrected chi connectivity index (χ2v) is 5.35. The van der Waals surface area contributed by atoms with Crippen LogP contribution in [0.3, 0.4) is 0 Å². The van der Waals surface area contributed by atoms with Gasteiger partial charge >= 0.3 is 5.97 Å². The van der Waals surface area contributed by atoms with Crippen LogP contribution in [-0.4, -0.2) is 33.1 Å². The number of rotatable bonds is 6. The summed E-state index contributed by atoms with van der Waals surface area (Å²) >= 11 is 5.84. The molecule has 0 amide bonds. The summed E-state index contributed by atoms with van der Waals surface area (Å²) in [6.07, 6.45) is 0. The van der Waals surface area contributed by atoms with E-state index in [9.17, 15) is 13.2 Å². The maximum atomic E-state index is 11.5. The van der Waals surface area contributed by atoms with Gasteiger partial charge in [0, 0.05) is 12.6 Å². The molecule has 0 heterocycles. The Hall–Kier alpha value is -1.51. The topological polar surface area (TPSA) is 105 Å². The molecule has 0 radical (unpaired) electrons. The zero-order valence-corrected chi connectivity index (χ0v) is 11.8. The molecule has 0 atom stereocenters. The van der Waals surface area contributed by atoms with Gasteiger partial charge in [-0.25, -0.2) is 4.79 Å². The van der Waals surface area contributed by atoms with Gasteiger partial charge in [0.15, 0.2) is 0 Å². The third kappa shape index (κ3) is 3.98.